The number of halogens is 3. The van der Waals surface area contributed by atoms with Gasteiger partial charge in [0, 0.05) is 15.4 Å². The van der Waals surface area contributed by atoms with Crippen LogP contribution >= 0.6 is 11.3 Å². The number of hydrogen-bond acceptors (Lipinski definition) is 3. The maximum Gasteiger partial charge on any atom is 0.406 e. The lowest BCUT2D eigenvalue weighted by molar-refractivity contribution is -0.144. The molecule has 1 aromatic carbocycles. The van der Waals surface area contributed by atoms with Gasteiger partial charge in [-0.15, -0.1) is 11.3 Å². The summed E-state index contributed by atoms with van der Waals surface area (Å²) in [5, 5.41) is 3.05. The number of rotatable bonds is 2. The van der Waals surface area contributed by atoms with Crippen molar-refractivity contribution in [2.75, 3.05) is 11.9 Å². The summed E-state index contributed by atoms with van der Waals surface area (Å²) in [6.07, 6.45) is -5.25. The number of para-hydroxylation sites is 1. The first-order chi connectivity index (χ1) is 10.3. The summed E-state index contributed by atoms with van der Waals surface area (Å²) in [6, 6.07) is 10.2. The van der Waals surface area contributed by atoms with Crippen LogP contribution in [0.5, 0.6) is 0 Å². The molecule has 116 valence electrons. The average Bonchev–Trinajstić information content (AvgIpc) is 2.87. The Kier molecular flexibility index (Phi) is 3.60. The molecule has 3 nitrogen and oxygen atoms in total. The second kappa shape index (κ2) is 5.31. The highest BCUT2D eigenvalue weighted by Crippen LogP contribution is 2.37. The molecular formula is C15H13F3N2OS. The van der Waals surface area contributed by atoms with E-state index < -0.39 is 24.8 Å². The number of aryl methyl sites for hydroxylation is 1. The van der Waals surface area contributed by atoms with Crippen LogP contribution in [0, 0.1) is 6.92 Å². The van der Waals surface area contributed by atoms with Gasteiger partial charge in [0.25, 0.3) is 5.91 Å². The number of fused-ring (bicyclic) bond motifs is 1. The Bertz CT molecular complexity index is 711. The minimum absolute atomic E-state index is 0.260. The van der Waals surface area contributed by atoms with Crippen molar-refractivity contribution >= 4 is 22.9 Å². The molecule has 7 heteroatoms. The normalized spacial score (nSPS) is 18.1. The van der Waals surface area contributed by atoms with Crippen molar-refractivity contribution < 1.29 is 18.0 Å². The summed E-state index contributed by atoms with van der Waals surface area (Å²) < 4.78 is 38.6. The van der Waals surface area contributed by atoms with Crippen LogP contribution in [-0.4, -0.2) is 23.5 Å². The molecule has 1 aromatic heterocycles. The smallest absolute Gasteiger partial charge is 0.360 e. The van der Waals surface area contributed by atoms with E-state index in [0.29, 0.717) is 10.6 Å². The molecule has 1 aliphatic heterocycles. The Balaban J connectivity index is 2.04. The molecule has 0 aliphatic carbocycles. The molecule has 22 heavy (non-hydrogen) atoms. The van der Waals surface area contributed by atoms with E-state index in [0.717, 1.165) is 9.78 Å². The first-order valence-electron chi connectivity index (χ1n) is 6.65. The first kappa shape index (κ1) is 14.9. The summed E-state index contributed by atoms with van der Waals surface area (Å²) >= 11 is 1.38. The fraction of sp³-hybridized carbons (Fsp3) is 0.267. The molecule has 0 radical (unpaired) electrons. The van der Waals surface area contributed by atoms with Crippen LogP contribution in [-0.2, 0) is 0 Å². The minimum atomic E-state index is -4.45. The summed E-state index contributed by atoms with van der Waals surface area (Å²) in [5.41, 5.74) is 0.818. The molecule has 1 N–H and O–H groups in total. The van der Waals surface area contributed by atoms with Gasteiger partial charge in [0.15, 0.2) is 0 Å². The highest BCUT2D eigenvalue weighted by molar-refractivity contribution is 7.12. The van der Waals surface area contributed by atoms with Gasteiger partial charge in [0.05, 0.1) is 5.56 Å². The molecule has 1 aliphatic rings. The number of anilines is 1. The van der Waals surface area contributed by atoms with E-state index in [1.54, 1.807) is 24.3 Å². The molecule has 1 amide bonds. The van der Waals surface area contributed by atoms with Crippen molar-refractivity contribution in [3.05, 3.63) is 51.7 Å². The molecule has 0 fully saturated rings. The van der Waals surface area contributed by atoms with E-state index >= 15 is 0 Å². The van der Waals surface area contributed by atoms with Gasteiger partial charge in [-0.2, -0.15) is 13.2 Å². The molecule has 2 aromatic rings. The number of alkyl halides is 3. The van der Waals surface area contributed by atoms with E-state index in [1.165, 1.54) is 17.4 Å². The van der Waals surface area contributed by atoms with Gasteiger partial charge in [-0.1, -0.05) is 12.1 Å². The standard InChI is InChI=1S/C15H13F3N2OS/c1-9-6-7-12(22-9)13-19-11-5-3-2-4-10(11)14(21)20(13)8-15(16,17)18/h2-7,13,19H,8H2,1H3/t13-/m0/s1. The zero-order valence-electron chi connectivity index (χ0n) is 11.6. The highest BCUT2D eigenvalue weighted by Gasteiger charge is 2.41. The summed E-state index contributed by atoms with van der Waals surface area (Å²) in [6.45, 7) is 0.593. The Morgan fingerprint density at radius 3 is 2.59 bits per heavy atom. The third kappa shape index (κ3) is 2.81. The lowest BCUT2D eigenvalue weighted by atomic mass is 10.1. The van der Waals surface area contributed by atoms with Crippen molar-refractivity contribution in [1.82, 2.24) is 4.90 Å². The predicted octanol–water partition coefficient (Wildman–Crippen LogP) is 4.19. The van der Waals surface area contributed by atoms with E-state index in [-0.39, 0.29) is 5.56 Å². The summed E-state index contributed by atoms with van der Waals surface area (Å²) in [7, 11) is 0. The minimum Gasteiger partial charge on any atom is -0.360 e. The van der Waals surface area contributed by atoms with E-state index in [4.69, 9.17) is 0 Å². The third-order valence-corrected chi connectivity index (χ3v) is 4.46. The number of nitrogens with zero attached hydrogens (tertiary/aromatic N) is 1. The summed E-state index contributed by atoms with van der Waals surface area (Å²) in [4.78, 5) is 15.0. The number of carbonyl (C=O) groups is 1. The Morgan fingerprint density at radius 1 is 1.23 bits per heavy atom. The van der Waals surface area contributed by atoms with Gasteiger partial charge >= 0.3 is 6.18 Å². The fourth-order valence-electron chi connectivity index (χ4n) is 2.47. The lowest BCUT2D eigenvalue weighted by Gasteiger charge is -2.37. The van der Waals surface area contributed by atoms with Crippen LogP contribution in [0.25, 0.3) is 0 Å². The number of thiophene rings is 1. The lowest BCUT2D eigenvalue weighted by Crippen LogP contribution is -2.47. The van der Waals surface area contributed by atoms with Gasteiger partial charge < -0.3 is 10.2 Å². The molecular weight excluding hydrogens is 313 g/mol. The number of amides is 1. The van der Waals surface area contributed by atoms with Crippen LogP contribution in [0.4, 0.5) is 18.9 Å². The van der Waals surface area contributed by atoms with Gasteiger partial charge in [0.1, 0.15) is 12.7 Å². The van der Waals surface area contributed by atoms with Crippen molar-refractivity contribution in [3.8, 4) is 0 Å². The average molecular weight is 326 g/mol. The van der Waals surface area contributed by atoms with E-state index in [9.17, 15) is 18.0 Å². The van der Waals surface area contributed by atoms with Crippen molar-refractivity contribution in [1.29, 1.82) is 0 Å². The quantitative estimate of drug-likeness (QED) is 0.898. The maximum atomic E-state index is 12.9. The largest absolute Gasteiger partial charge is 0.406 e. The van der Waals surface area contributed by atoms with E-state index in [1.807, 2.05) is 13.0 Å². The van der Waals surface area contributed by atoms with Gasteiger partial charge in [-0.3, -0.25) is 4.79 Å². The second-order valence-electron chi connectivity index (χ2n) is 5.09. The first-order valence-corrected chi connectivity index (χ1v) is 7.46. The molecule has 1 atom stereocenters. The zero-order valence-corrected chi connectivity index (χ0v) is 12.5. The van der Waals surface area contributed by atoms with Crippen LogP contribution in [0.1, 0.15) is 26.3 Å². The SMILES string of the molecule is Cc1ccc([C@H]2Nc3ccccc3C(=O)N2CC(F)(F)F)s1. The van der Waals surface area contributed by atoms with Crippen LogP contribution in [0.15, 0.2) is 36.4 Å². The highest BCUT2D eigenvalue weighted by atomic mass is 32.1. The second-order valence-corrected chi connectivity index (χ2v) is 6.41. The van der Waals surface area contributed by atoms with E-state index in [2.05, 4.69) is 5.32 Å². The molecule has 0 saturated heterocycles. The molecule has 2 heterocycles. The Labute approximate surface area is 129 Å². The maximum absolute atomic E-state index is 12.9. The van der Waals surface area contributed by atoms with Crippen LogP contribution in [0.2, 0.25) is 0 Å². The zero-order chi connectivity index (χ0) is 15.9. The number of carbonyl (C=O) groups excluding carboxylic acids is 1. The van der Waals surface area contributed by atoms with Crippen molar-refractivity contribution in [2.45, 2.75) is 19.3 Å². The molecule has 0 unspecified atom stereocenters. The topological polar surface area (TPSA) is 32.3 Å². The molecule has 0 saturated carbocycles. The van der Waals surface area contributed by atoms with Gasteiger partial charge in [-0.25, -0.2) is 0 Å². The van der Waals surface area contributed by atoms with Crippen LogP contribution < -0.4 is 5.32 Å². The number of benzene rings is 1. The summed E-state index contributed by atoms with van der Waals surface area (Å²) in [5.74, 6) is -0.609. The van der Waals surface area contributed by atoms with Crippen molar-refractivity contribution in [2.24, 2.45) is 0 Å². The third-order valence-electron chi connectivity index (χ3n) is 3.40. The predicted molar refractivity (Wildman–Crippen MR) is 79.0 cm³/mol. The Hall–Kier alpha value is -2.02. The fourth-order valence-corrected chi connectivity index (χ4v) is 3.42. The molecule has 3 rings (SSSR count). The number of hydrogen-bond donors (Lipinski definition) is 1. The molecule has 0 spiro atoms. The Morgan fingerprint density at radius 2 is 1.95 bits per heavy atom. The number of nitrogens with one attached hydrogen (secondary N) is 1. The van der Waals surface area contributed by atoms with Gasteiger partial charge in [0.2, 0.25) is 0 Å². The van der Waals surface area contributed by atoms with Gasteiger partial charge in [-0.05, 0) is 31.2 Å². The molecule has 0 bridgehead atoms. The van der Waals surface area contributed by atoms with Crippen molar-refractivity contribution in [3.63, 3.8) is 0 Å². The monoisotopic (exact) mass is 326 g/mol. The van der Waals surface area contributed by atoms with Crippen LogP contribution in [0.3, 0.4) is 0 Å².